The molecule has 0 aliphatic rings. The summed E-state index contributed by atoms with van der Waals surface area (Å²) in [7, 11) is 0.191. The van der Waals surface area contributed by atoms with Gasteiger partial charge < -0.3 is 24.1 Å². The van der Waals surface area contributed by atoms with E-state index in [0.717, 1.165) is 5.56 Å². The van der Waals surface area contributed by atoms with Gasteiger partial charge in [0.15, 0.2) is 11.6 Å². The van der Waals surface area contributed by atoms with Crippen LogP contribution in [0.5, 0.6) is 17.4 Å². The maximum atomic E-state index is 13.8. The van der Waals surface area contributed by atoms with Gasteiger partial charge in [-0.1, -0.05) is 12.1 Å². The predicted molar refractivity (Wildman–Crippen MR) is 149 cm³/mol. The topological polar surface area (TPSA) is 173 Å². The first-order valence-corrected chi connectivity index (χ1v) is 14.0. The van der Waals surface area contributed by atoms with Gasteiger partial charge in [0.1, 0.15) is 34.2 Å². The zero-order valence-corrected chi connectivity index (χ0v) is 24.0. The second kappa shape index (κ2) is 12.9. The zero-order chi connectivity index (χ0) is 29.6. The van der Waals surface area contributed by atoms with Gasteiger partial charge in [-0.2, -0.15) is 0 Å². The number of pyridine rings is 1. The highest BCUT2D eigenvalue weighted by Crippen LogP contribution is 2.38. The molecule has 14 nitrogen and oxygen atoms in total. The summed E-state index contributed by atoms with van der Waals surface area (Å²) in [6.07, 6.45) is 2.02. The first-order valence-electron chi connectivity index (χ1n) is 12.4. The molecule has 1 aromatic carbocycles. The fourth-order valence-corrected chi connectivity index (χ4v) is 5.06. The van der Waals surface area contributed by atoms with E-state index in [1.807, 2.05) is 6.92 Å². The number of hydrogen-bond acceptors (Lipinski definition) is 12. The Hall–Kier alpha value is -4.34. The van der Waals surface area contributed by atoms with Crippen molar-refractivity contribution in [3.63, 3.8) is 0 Å². The lowest BCUT2D eigenvalue weighted by atomic mass is 10.2. The number of sulfonamides is 1. The monoisotopic (exact) mass is 585 g/mol. The van der Waals surface area contributed by atoms with Crippen LogP contribution in [-0.2, 0) is 14.8 Å². The van der Waals surface area contributed by atoms with Crippen LogP contribution in [0, 0.1) is 6.92 Å². The van der Waals surface area contributed by atoms with Gasteiger partial charge in [-0.3, -0.25) is 9.29 Å². The number of benzene rings is 1. The van der Waals surface area contributed by atoms with E-state index in [4.69, 9.17) is 18.9 Å². The first-order chi connectivity index (χ1) is 19.7. The highest BCUT2D eigenvalue weighted by Gasteiger charge is 2.35. The summed E-state index contributed by atoms with van der Waals surface area (Å²) in [5.41, 5.74) is 1.48. The molecule has 2 N–H and O–H groups in total. The van der Waals surface area contributed by atoms with Crippen molar-refractivity contribution in [2.45, 2.75) is 25.2 Å². The number of methoxy groups -OCH3 is 3. The number of aliphatic hydroxyl groups is 1. The average molecular weight is 586 g/mol. The maximum absolute atomic E-state index is 13.8. The summed E-state index contributed by atoms with van der Waals surface area (Å²) in [6, 6.07) is 10.2. The van der Waals surface area contributed by atoms with Crippen LogP contribution in [0.25, 0.3) is 17.2 Å². The molecule has 4 rings (SSSR count). The van der Waals surface area contributed by atoms with Crippen LogP contribution >= 0.6 is 0 Å². The van der Waals surface area contributed by atoms with E-state index in [1.54, 1.807) is 48.8 Å². The molecular weight excluding hydrogens is 554 g/mol. The van der Waals surface area contributed by atoms with Gasteiger partial charge in [0, 0.05) is 18.5 Å². The van der Waals surface area contributed by atoms with Gasteiger partial charge in [0.2, 0.25) is 21.9 Å². The molecular formula is C26H31N7O7S. The average Bonchev–Trinajstić information content (AvgIpc) is 3.39. The maximum Gasteiger partial charge on any atom is 0.243 e. The van der Waals surface area contributed by atoms with Crippen LogP contribution in [0.4, 0.5) is 5.95 Å². The van der Waals surface area contributed by atoms with Gasteiger partial charge in [0.25, 0.3) is 0 Å². The van der Waals surface area contributed by atoms with Gasteiger partial charge in [-0.25, -0.2) is 23.4 Å². The van der Waals surface area contributed by atoms with E-state index < -0.39 is 21.4 Å². The van der Waals surface area contributed by atoms with E-state index in [1.165, 1.54) is 32.8 Å². The molecule has 218 valence electrons. The van der Waals surface area contributed by atoms with Crippen LogP contribution in [0.1, 0.15) is 24.4 Å². The molecule has 3 aromatic heterocycles. The van der Waals surface area contributed by atoms with Crippen molar-refractivity contribution in [2.24, 2.45) is 0 Å². The number of nitrogens with one attached hydrogen (secondary N) is 1. The molecule has 0 aliphatic carbocycles. The number of nitrogens with zero attached hydrogens (tertiary/aromatic N) is 6. The van der Waals surface area contributed by atoms with Crippen LogP contribution in [0.15, 0.2) is 48.8 Å². The number of aromatic nitrogens is 6. The lowest BCUT2D eigenvalue weighted by Gasteiger charge is -2.24. The van der Waals surface area contributed by atoms with Crippen molar-refractivity contribution in [2.75, 3.05) is 39.3 Å². The van der Waals surface area contributed by atoms with Crippen LogP contribution in [0.2, 0.25) is 0 Å². The Morgan fingerprint density at radius 1 is 0.976 bits per heavy atom. The SMILES string of the molecule is COc1cccc(-c2nnc(NS(=O)(=O)[C@H](C)[C@@H](OCCO)c3ncc(C)cn3)n2-c2c(OC)cccc2OC)n1. The fourth-order valence-electron chi connectivity index (χ4n) is 3.97. The third kappa shape index (κ3) is 6.37. The highest BCUT2D eigenvalue weighted by atomic mass is 32.2. The molecule has 0 saturated heterocycles. The Labute approximate surface area is 237 Å². The number of ether oxygens (including phenoxy) is 4. The van der Waals surface area contributed by atoms with Crippen molar-refractivity contribution in [1.29, 1.82) is 0 Å². The second-order valence-corrected chi connectivity index (χ2v) is 10.8. The summed E-state index contributed by atoms with van der Waals surface area (Å²) < 4.78 is 53.7. The van der Waals surface area contributed by atoms with Gasteiger partial charge in [-0.15, -0.1) is 10.2 Å². The normalized spacial score (nSPS) is 12.9. The van der Waals surface area contributed by atoms with E-state index in [0.29, 0.717) is 28.8 Å². The van der Waals surface area contributed by atoms with Gasteiger partial charge in [0.05, 0.1) is 34.5 Å². The van der Waals surface area contributed by atoms with Crippen molar-refractivity contribution >= 4 is 16.0 Å². The number of rotatable bonds is 13. The number of para-hydroxylation sites is 1. The van der Waals surface area contributed by atoms with E-state index in [-0.39, 0.29) is 30.8 Å². The molecule has 0 unspecified atom stereocenters. The molecule has 0 fully saturated rings. The second-order valence-electron chi connectivity index (χ2n) is 8.74. The Morgan fingerprint density at radius 2 is 1.63 bits per heavy atom. The smallest absolute Gasteiger partial charge is 0.243 e. The van der Waals surface area contributed by atoms with Crippen molar-refractivity contribution in [3.05, 3.63) is 60.2 Å². The molecule has 0 radical (unpaired) electrons. The molecule has 41 heavy (non-hydrogen) atoms. The molecule has 0 amide bonds. The molecule has 2 atom stereocenters. The number of hydrogen-bond donors (Lipinski definition) is 2. The minimum atomic E-state index is -4.24. The van der Waals surface area contributed by atoms with Crippen molar-refractivity contribution in [3.8, 4) is 34.6 Å². The number of aryl methyl sites for hydroxylation is 1. The third-order valence-corrected chi connectivity index (χ3v) is 7.74. The summed E-state index contributed by atoms with van der Waals surface area (Å²) >= 11 is 0. The molecule has 0 spiro atoms. The third-order valence-electron chi connectivity index (χ3n) is 6.04. The summed E-state index contributed by atoms with van der Waals surface area (Å²) in [5, 5.41) is 16.6. The lowest BCUT2D eigenvalue weighted by molar-refractivity contribution is 0.0227. The quantitative estimate of drug-likeness (QED) is 0.235. The molecule has 4 aromatic rings. The fraction of sp³-hybridized carbons (Fsp3) is 0.346. The summed E-state index contributed by atoms with van der Waals surface area (Å²) in [5.74, 6) is 1.22. The van der Waals surface area contributed by atoms with E-state index >= 15 is 0 Å². The number of aliphatic hydroxyl groups excluding tert-OH is 1. The Kier molecular flexibility index (Phi) is 9.31. The highest BCUT2D eigenvalue weighted by molar-refractivity contribution is 7.93. The standard InChI is InChI=1S/C26H31N7O7S/c1-16-14-27-24(28-15-16)23(40-13-12-34)17(2)41(35,36)32-26-31-30-25(18-8-6-11-21(29-18)39-5)33(26)22-19(37-3)9-7-10-20(22)38-4/h6-11,14-15,17,23,34H,12-13H2,1-5H3,(H,31,32)/t17-,23-/m1/s1. The van der Waals surface area contributed by atoms with Crippen molar-refractivity contribution in [1.82, 2.24) is 29.7 Å². The molecule has 15 heteroatoms. The summed E-state index contributed by atoms with van der Waals surface area (Å²) in [4.78, 5) is 12.9. The van der Waals surface area contributed by atoms with Gasteiger partial charge >= 0.3 is 0 Å². The Bertz CT molecular complexity index is 1560. The molecule has 0 bridgehead atoms. The van der Waals surface area contributed by atoms with E-state index in [2.05, 4.69) is 29.9 Å². The summed E-state index contributed by atoms with van der Waals surface area (Å²) in [6.45, 7) is 2.81. The van der Waals surface area contributed by atoms with Crippen LogP contribution in [0.3, 0.4) is 0 Å². The van der Waals surface area contributed by atoms with Gasteiger partial charge in [-0.05, 0) is 37.6 Å². The largest absolute Gasteiger partial charge is 0.494 e. The zero-order valence-electron chi connectivity index (χ0n) is 23.2. The van der Waals surface area contributed by atoms with Crippen molar-refractivity contribution < 1.29 is 32.5 Å². The minimum Gasteiger partial charge on any atom is -0.494 e. The van der Waals surface area contributed by atoms with E-state index in [9.17, 15) is 13.5 Å². The molecule has 0 aliphatic heterocycles. The molecule has 0 saturated carbocycles. The first kappa shape index (κ1) is 29.6. The number of anilines is 1. The predicted octanol–water partition coefficient (Wildman–Crippen LogP) is 2.33. The van der Waals surface area contributed by atoms with Crippen LogP contribution < -0.4 is 18.9 Å². The Morgan fingerprint density at radius 3 is 2.24 bits per heavy atom. The Balaban J connectivity index is 1.84. The minimum absolute atomic E-state index is 0.123. The lowest BCUT2D eigenvalue weighted by Crippen LogP contribution is -2.34. The molecule has 3 heterocycles. The van der Waals surface area contributed by atoms with Crippen LogP contribution in [-0.4, -0.2) is 83.0 Å².